The number of carboxylic acids is 1. The average Bonchev–Trinajstić information content (AvgIpc) is 3.13. The molecule has 2 heterocycles. The van der Waals surface area contributed by atoms with Gasteiger partial charge < -0.3 is 14.7 Å². The van der Waals surface area contributed by atoms with Gasteiger partial charge in [-0.15, -0.1) is 11.3 Å². The molecule has 0 saturated carbocycles. The molecule has 6 heteroatoms. The number of thiophene rings is 1. The van der Waals surface area contributed by atoms with E-state index in [0.717, 1.165) is 28.2 Å². The summed E-state index contributed by atoms with van der Waals surface area (Å²) in [6, 6.07) is 9.22. The third kappa shape index (κ3) is 3.07. The molecule has 5 nitrogen and oxygen atoms in total. The number of oxime groups is 1. The molecular weight excluding hydrogens is 314 g/mol. The molecule has 120 valence electrons. The molecule has 1 aromatic carbocycles. The summed E-state index contributed by atoms with van der Waals surface area (Å²) in [7, 11) is 0. The van der Waals surface area contributed by atoms with Crippen LogP contribution in [0.3, 0.4) is 0 Å². The van der Waals surface area contributed by atoms with Gasteiger partial charge in [0, 0.05) is 23.8 Å². The maximum atomic E-state index is 11.1. The highest BCUT2D eigenvalue weighted by Crippen LogP contribution is 2.39. The van der Waals surface area contributed by atoms with Gasteiger partial charge in [0.25, 0.3) is 0 Å². The highest BCUT2D eigenvalue weighted by molar-refractivity contribution is 7.14. The lowest BCUT2D eigenvalue weighted by atomic mass is 9.98. The van der Waals surface area contributed by atoms with Gasteiger partial charge in [0.05, 0.1) is 4.88 Å². The number of hydrogen-bond donors (Lipinski definition) is 1. The van der Waals surface area contributed by atoms with Gasteiger partial charge >= 0.3 is 5.97 Å². The van der Waals surface area contributed by atoms with Crippen LogP contribution >= 0.6 is 11.3 Å². The summed E-state index contributed by atoms with van der Waals surface area (Å²) < 4.78 is 5.80. The molecule has 2 unspecified atom stereocenters. The third-order valence-electron chi connectivity index (χ3n) is 3.64. The molecule has 0 fully saturated rings. The molecule has 0 bridgehead atoms. The summed E-state index contributed by atoms with van der Waals surface area (Å²) in [5, 5.41) is 13.1. The van der Waals surface area contributed by atoms with Crippen molar-refractivity contribution in [2.75, 3.05) is 0 Å². The number of ether oxygens (including phenoxy) is 1. The standard InChI is InChI=1S/C17H17NO4S/c1-3-18-22-16(14-7-8-15(23-14)17(19)20)11-5-4-6-13-12(11)9-10(2)21-13/h3-8,10,16H,9H2,1-2H3,(H,19,20). The van der Waals surface area contributed by atoms with Crippen molar-refractivity contribution in [2.45, 2.75) is 32.5 Å². The molecular formula is C17H17NO4S. The lowest BCUT2D eigenvalue weighted by Crippen LogP contribution is -2.07. The fourth-order valence-electron chi connectivity index (χ4n) is 2.70. The van der Waals surface area contributed by atoms with Crippen LogP contribution in [0.25, 0.3) is 0 Å². The molecule has 0 radical (unpaired) electrons. The Bertz CT molecular complexity index is 753. The van der Waals surface area contributed by atoms with Crippen LogP contribution in [-0.2, 0) is 11.3 Å². The Balaban J connectivity index is 2.03. The Kier molecular flexibility index (Phi) is 4.34. The predicted octanol–water partition coefficient (Wildman–Crippen LogP) is 3.88. The van der Waals surface area contributed by atoms with Crippen molar-refractivity contribution in [3.8, 4) is 5.75 Å². The first kappa shape index (κ1) is 15.6. The van der Waals surface area contributed by atoms with E-state index in [1.165, 1.54) is 11.3 Å². The van der Waals surface area contributed by atoms with Crippen molar-refractivity contribution < 1.29 is 19.5 Å². The first-order valence-electron chi connectivity index (χ1n) is 7.35. The summed E-state index contributed by atoms with van der Waals surface area (Å²) in [5.74, 6) is -0.0756. The lowest BCUT2D eigenvalue weighted by molar-refractivity contribution is 0.0702. The molecule has 0 amide bonds. The summed E-state index contributed by atoms with van der Waals surface area (Å²) >= 11 is 1.20. The lowest BCUT2D eigenvalue weighted by Gasteiger charge is -2.16. The van der Waals surface area contributed by atoms with E-state index in [1.807, 2.05) is 25.1 Å². The van der Waals surface area contributed by atoms with Gasteiger partial charge in [-0.05, 0) is 32.0 Å². The first-order chi connectivity index (χ1) is 11.1. The average molecular weight is 331 g/mol. The van der Waals surface area contributed by atoms with Crippen molar-refractivity contribution in [3.63, 3.8) is 0 Å². The third-order valence-corrected chi connectivity index (χ3v) is 4.76. The van der Waals surface area contributed by atoms with Gasteiger partial charge in [-0.25, -0.2) is 4.79 Å². The fourth-order valence-corrected chi connectivity index (χ4v) is 3.59. The second kappa shape index (κ2) is 6.42. The zero-order chi connectivity index (χ0) is 16.4. The highest BCUT2D eigenvalue weighted by atomic mass is 32.1. The van der Waals surface area contributed by atoms with Crippen LogP contribution in [0.1, 0.15) is 45.6 Å². The molecule has 0 saturated heterocycles. The monoisotopic (exact) mass is 331 g/mol. The van der Waals surface area contributed by atoms with E-state index in [1.54, 1.807) is 25.3 Å². The van der Waals surface area contributed by atoms with Crippen LogP contribution in [0.15, 0.2) is 35.5 Å². The van der Waals surface area contributed by atoms with Gasteiger partial charge in [0.1, 0.15) is 16.7 Å². The Morgan fingerprint density at radius 1 is 1.48 bits per heavy atom. The molecule has 3 rings (SSSR count). The Hall–Kier alpha value is -2.34. The number of hydrogen-bond acceptors (Lipinski definition) is 5. The number of fused-ring (bicyclic) bond motifs is 1. The molecule has 23 heavy (non-hydrogen) atoms. The van der Waals surface area contributed by atoms with E-state index in [-0.39, 0.29) is 11.0 Å². The van der Waals surface area contributed by atoms with Gasteiger partial charge in [-0.1, -0.05) is 17.3 Å². The minimum absolute atomic E-state index is 0.124. The first-order valence-corrected chi connectivity index (χ1v) is 8.17. The molecule has 1 aliphatic heterocycles. The number of nitrogens with zero attached hydrogens (tertiary/aromatic N) is 1. The number of carbonyl (C=O) groups is 1. The predicted molar refractivity (Wildman–Crippen MR) is 88.6 cm³/mol. The molecule has 1 aromatic heterocycles. The van der Waals surface area contributed by atoms with E-state index in [9.17, 15) is 4.79 Å². The Labute approximate surface area is 138 Å². The van der Waals surface area contributed by atoms with Crippen LogP contribution in [0.2, 0.25) is 0 Å². The van der Waals surface area contributed by atoms with Crippen LogP contribution in [0.5, 0.6) is 5.75 Å². The van der Waals surface area contributed by atoms with Crippen molar-refractivity contribution in [3.05, 3.63) is 51.2 Å². The van der Waals surface area contributed by atoms with E-state index < -0.39 is 12.1 Å². The molecule has 0 spiro atoms. The SMILES string of the molecule is CC=NOC(c1ccc(C(=O)O)s1)c1cccc2c1CC(C)O2. The van der Waals surface area contributed by atoms with Crippen LogP contribution in [-0.4, -0.2) is 23.4 Å². The zero-order valence-electron chi connectivity index (χ0n) is 12.9. The van der Waals surface area contributed by atoms with Gasteiger partial charge in [0.15, 0.2) is 6.10 Å². The van der Waals surface area contributed by atoms with Crippen molar-refractivity contribution >= 4 is 23.5 Å². The number of rotatable bonds is 5. The topological polar surface area (TPSA) is 68.1 Å². The number of benzene rings is 1. The van der Waals surface area contributed by atoms with Gasteiger partial charge in [0.2, 0.25) is 0 Å². The Morgan fingerprint density at radius 2 is 2.30 bits per heavy atom. The van der Waals surface area contributed by atoms with E-state index in [4.69, 9.17) is 14.7 Å². The second-order valence-electron chi connectivity index (χ2n) is 5.31. The molecule has 2 aromatic rings. The van der Waals surface area contributed by atoms with Crippen LogP contribution in [0, 0.1) is 0 Å². The normalized spacial score (nSPS) is 17.7. The highest BCUT2D eigenvalue weighted by Gasteiger charge is 2.28. The van der Waals surface area contributed by atoms with Crippen molar-refractivity contribution in [1.29, 1.82) is 0 Å². The molecule has 0 aliphatic carbocycles. The fraction of sp³-hybridized carbons (Fsp3) is 0.294. The van der Waals surface area contributed by atoms with Crippen molar-refractivity contribution in [1.82, 2.24) is 0 Å². The van der Waals surface area contributed by atoms with Crippen LogP contribution < -0.4 is 4.74 Å². The Morgan fingerprint density at radius 3 is 3.00 bits per heavy atom. The minimum Gasteiger partial charge on any atom is -0.490 e. The summed E-state index contributed by atoms with van der Waals surface area (Å²) in [6.07, 6.45) is 2.06. The molecule has 1 aliphatic rings. The van der Waals surface area contributed by atoms with Gasteiger partial charge in [-0.3, -0.25) is 0 Å². The summed E-state index contributed by atoms with van der Waals surface area (Å²) in [4.78, 5) is 17.9. The maximum Gasteiger partial charge on any atom is 0.345 e. The van der Waals surface area contributed by atoms with Crippen molar-refractivity contribution in [2.24, 2.45) is 5.16 Å². The number of carboxylic acid groups (broad SMARTS) is 1. The van der Waals surface area contributed by atoms with Gasteiger partial charge in [-0.2, -0.15) is 0 Å². The molecule has 2 atom stereocenters. The molecule has 1 N–H and O–H groups in total. The maximum absolute atomic E-state index is 11.1. The van der Waals surface area contributed by atoms with E-state index >= 15 is 0 Å². The van der Waals surface area contributed by atoms with E-state index in [0.29, 0.717) is 0 Å². The zero-order valence-corrected chi connectivity index (χ0v) is 13.7. The van der Waals surface area contributed by atoms with E-state index in [2.05, 4.69) is 5.16 Å². The summed E-state index contributed by atoms with van der Waals surface area (Å²) in [6.45, 7) is 3.80. The van der Waals surface area contributed by atoms with Crippen LogP contribution in [0.4, 0.5) is 0 Å². The largest absolute Gasteiger partial charge is 0.490 e. The second-order valence-corrected chi connectivity index (χ2v) is 6.43. The smallest absolute Gasteiger partial charge is 0.345 e. The minimum atomic E-state index is -0.936. The summed E-state index contributed by atoms with van der Waals surface area (Å²) in [5.41, 5.74) is 2.07. The quantitative estimate of drug-likeness (QED) is 0.667. The number of aromatic carboxylic acids is 1.